The second kappa shape index (κ2) is 4.68. The van der Waals surface area contributed by atoms with Gasteiger partial charge in [0.15, 0.2) is 5.79 Å². The van der Waals surface area contributed by atoms with Crippen molar-refractivity contribution in [3.63, 3.8) is 0 Å². The summed E-state index contributed by atoms with van der Waals surface area (Å²) in [4.78, 5) is 0. The molecule has 19 heavy (non-hydrogen) atoms. The predicted molar refractivity (Wildman–Crippen MR) is 75.1 cm³/mol. The minimum absolute atomic E-state index is 0.279. The zero-order valence-corrected chi connectivity index (χ0v) is 13.1. The standard InChI is InChI=1S/C13H23N3O2Si/c1-19(2,3)12-10-16(15-14-12)11-4-6-13(7-5-11)17-8-9-18-13/h10-11H,4-9H2,1-3H3. The average Bonchev–Trinajstić information content (AvgIpc) is 2.99. The topological polar surface area (TPSA) is 49.2 Å². The molecule has 0 radical (unpaired) electrons. The fourth-order valence-electron chi connectivity index (χ4n) is 2.89. The molecule has 1 aromatic heterocycles. The van der Waals surface area contributed by atoms with E-state index in [0.29, 0.717) is 6.04 Å². The van der Waals surface area contributed by atoms with Crippen molar-refractivity contribution < 1.29 is 9.47 Å². The molecule has 2 heterocycles. The van der Waals surface area contributed by atoms with E-state index in [2.05, 4.69) is 40.8 Å². The zero-order valence-electron chi connectivity index (χ0n) is 12.1. The van der Waals surface area contributed by atoms with Crippen molar-refractivity contribution in [2.45, 2.75) is 57.2 Å². The van der Waals surface area contributed by atoms with Gasteiger partial charge in [-0.2, -0.15) is 0 Å². The summed E-state index contributed by atoms with van der Waals surface area (Å²) in [7, 11) is -1.35. The number of rotatable bonds is 2. The van der Waals surface area contributed by atoms with Crippen molar-refractivity contribution in [3.8, 4) is 0 Å². The first-order valence-corrected chi connectivity index (χ1v) is 10.7. The Hall–Kier alpha value is -0.723. The normalized spacial score (nSPS) is 24.2. The molecule has 0 amide bonds. The summed E-state index contributed by atoms with van der Waals surface area (Å²) in [5.41, 5.74) is 0. The predicted octanol–water partition coefficient (Wildman–Crippen LogP) is 1.68. The highest BCUT2D eigenvalue weighted by atomic mass is 28.3. The Labute approximate surface area is 115 Å². The molecule has 1 saturated carbocycles. The van der Waals surface area contributed by atoms with E-state index in [9.17, 15) is 0 Å². The summed E-state index contributed by atoms with van der Waals surface area (Å²) >= 11 is 0. The Morgan fingerprint density at radius 1 is 1.21 bits per heavy atom. The summed E-state index contributed by atoms with van der Waals surface area (Å²) in [6.07, 6.45) is 6.23. The van der Waals surface area contributed by atoms with Gasteiger partial charge in [-0.25, -0.2) is 4.68 Å². The van der Waals surface area contributed by atoms with E-state index in [1.165, 1.54) is 5.32 Å². The first-order valence-electron chi connectivity index (χ1n) is 7.19. The number of hydrogen-bond donors (Lipinski definition) is 0. The van der Waals surface area contributed by atoms with Crippen molar-refractivity contribution in [2.75, 3.05) is 13.2 Å². The van der Waals surface area contributed by atoms with Gasteiger partial charge in [0.2, 0.25) is 0 Å². The highest BCUT2D eigenvalue weighted by molar-refractivity contribution is 6.88. The number of aromatic nitrogens is 3. The van der Waals surface area contributed by atoms with Crippen LogP contribution >= 0.6 is 0 Å². The fraction of sp³-hybridized carbons (Fsp3) is 0.846. The molecule has 0 unspecified atom stereocenters. The molecule has 1 aromatic rings. The largest absolute Gasteiger partial charge is 0.348 e. The monoisotopic (exact) mass is 281 g/mol. The molecule has 1 aliphatic carbocycles. The third-order valence-electron chi connectivity index (χ3n) is 4.18. The lowest BCUT2D eigenvalue weighted by atomic mass is 9.90. The molecular weight excluding hydrogens is 258 g/mol. The van der Waals surface area contributed by atoms with Gasteiger partial charge in [-0.05, 0) is 12.8 Å². The fourth-order valence-corrected chi connectivity index (χ4v) is 3.76. The molecule has 6 heteroatoms. The Kier molecular flexibility index (Phi) is 3.27. The average molecular weight is 281 g/mol. The van der Waals surface area contributed by atoms with Crippen molar-refractivity contribution in [1.82, 2.24) is 15.0 Å². The van der Waals surface area contributed by atoms with Gasteiger partial charge in [0.05, 0.1) is 24.6 Å². The summed E-state index contributed by atoms with van der Waals surface area (Å²) in [6.45, 7) is 8.40. The lowest BCUT2D eigenvalue weighted by molar-refractivity contribution is -0.181. The van der Waals surface area contributed by atoms with E-state index in [1.54, 1.807) is 0 Å². The van der Waals surface area contributed by atoms with E-state index in [0.717, 1.165) is 38.9 Å². The highest BCUT2D eigenvalue weighted by Crippen LogP contribution is 2.39. The van der Waals surface area contributed by atoms with E-state index in [-0.39, 0.29) is 5.79 Å². The van der Waals surface area contributed by atoms with Gasteiger partial charge in [-0.3, -0.25) is 0 Å². The molecule has 0 N–H and O–H groups in total. The quantitative estimate of drug-likeness (QED) is 0.774. The van der Waals surface area contributed by atoms with Crippen LogP contribution in [0.3, 0.4) is 0 Å². The third-order valence-corrected chi connectivity index (χ3v) is 5.95. The van der Waals surface area contributed by atoms with Crippen LogP contribution in [0, 0.1) is 0 Å². The lowest BCUT2D eigenvalue weighted by Gasteiger charge is -2.35. The molecule has 0 aromatic carbocycles. The second-order valence-corrected chi connectivity index (χ2v) is 11.7. The second-order valence-electron chi connectivity index (χ2n) is 6.67. The van der Waals surface area contributed by atoms with E-state index >= 15 is 0 Å². The molecule has 3 rings (SSSR count). The summed E-state index contributed by atoms with van der Waals surface area (Å²) < 4.78 is 13.6. The number of hydrogen-bond acceptors (Lipinski definition) is 4. The Balaban J connectivity index is 1.66. The highest BCUT2D eigenvalue weighted by Gasteiger charge is 2.41. The SMILES string of the molecule is C[Si](C)(C)c1cn(C2CCC3(CC2)OCCO3)nn1. The molecule has 0 bridgehead atoms. The molecule has 106 valence electrons. The van der Waals surface area contributed by atoms with Crippen LogP contribution in [0.5, 0.6) is 0 Å². The van der Waals surface area contributed by atoms with Crippen LogP contribution in [0.15, 0.2) is 6.20 Å². The Morgan fingerprint density at radius 2 is 1.84 bits per heavy atom. The minimum atomic E-state index is -1.35. The third kappa shape index (κ3) is 2.61. The van der Waals surface area contributed by atoms with Crippen molar-refractivity contribution in [2.24, 2.45) is 0 Å². The molecule has 1 saturated heterocycles. The Bertz CT molecular complexity index is 439. The van der Waals surface area contributed by atoms with Crippen LogP contribution in [0.1, 0.15) is 31.7 Å². The van der Waals surface area contributed by atoms with Crippen LogP contribution < -0.4 is 5.32 Å². The van der Waals surface area contributed by atoms with Gasteiger partial charge in [0.1, 0.15) is 8.07 Å². The van der Waals surface area contributed by atoms with Crippen LogP contribution in [0.2, 0.25) is 19.6 Å². The van der Waals surface area contributed by atoms with Crippen LogP contribution in [-0.4, -0.2) is 42.1 Å². The molecule has 1 aliphatic heterocycles. The van der Waals surface area contributed by atoms with Gasteiger partial charge in [-0.15, -0.1) is 5.10 Å². The summed E-state index contributed by atoms with van der Waals surface area (Å²) in [5.74, 6) is -0.279. The smallest absolute Gasteiger partial charge is 0.168 e. The summed E-state index contributed by atoms with van der Waals surface area (Å²) in [5, 5.41) is 9.90. The van der Waals surface area contributed by atoms with Crippen molar-refractivity contribution in [3.05, 3.63) is 6.20 Å². The number of ether oxygens (including phenoxy) is 2. The van der Waals surface area contributed by atoms with E-state index in [4.69, 9.17) is 9.47 Å². The maximum absolute atomic E-state index is 5.76. The Morgan fingerprint density at radius 3 is 2.37 bits per heavy atom. The van der Waals surface area contributed by atoms with Crippen LogP contribution in [-0.2, 0) is 9.47 Å². The molecular formula is C13H23N3O2Si. The van der Waals surface area contributed by atoms with Gasteiger partial charge < -0.3 is 9.47 Å². The lowest BCUT2D eigenvalue weighted by Crippen LogP contribution is -2.39. The first kappa shape index (κ1) is 13.3. The van der Waals surface area contributed by atoms with Crippen molar-refractivity contribution in [1.29, 1.82) is 0 Å². The van der Waals surface area contributed by atoms with Gasteiger partial charge in [0, 0.05) is 19.0 Å². The maximum atomic E-state index is 5.76. The first-order chi connectivity index (χ1) is 8.99. The van der Waals surface area contributed by atoms with E-state index in [1.807, 2.05) is 0 Å². The molecule has 5 nitrogen and oxygen atoms in total. The van der Waals surface area contributed by atoms with Crippen LogP contribution in [0.4, 0.5) is 0 Å². The maximum Gasteiger partial charge on any atom is 0.168 e. The van der Waals surface area contributed by atoms with E-state index < -0.39 is 8.07 Å². The molecule has 2 aliphatic rings. The minimum Gasteiger partial charge on any atom is -0.348 e. The summed E-state index contributed by atoms with van der Waals surface area (Å²) in [6, 6.07) is 0.455. The molecule has 1 spiro atoms. The van der Waals surface area contributed by atoms with Crippen molar-refractivity contribution >= 4 is 13.4 Å². The molecule has 0 atom stereocenters. The van der Waals surface area contributed by atoms with Gasteiger partial charge >= 0.3 is 0 Å². The van der Waals surface area contributed by atoms with Crippen LogP contribution in [0.25, 0.3) is 0 Å². The zero-order chi connectivity index (χ0) is 13.5. The van der Waals surface area contributed by atoms with Gasteiger partial charge in [0.25, 0.3) is 0 Å². The molecule has 2 fully saturated rings. The number of nitrogens with zero attached hydrogens (tertiary/aromatic N) is 3. The van der Waals surface area contributed by atoms with Gasteiger partial charge in [-0.1, -0.05) is 24.9 Å².